The third kappa shape index (κ3) is 5.85. The van der Waals surface area contributed by atoms with Crippen molar-refractivity contribution < 1.29 is 4.74 Å². The zero-order chi connectivity index (χ0) is 24.6. The third-order valence-corrected chi connectivity index (χ3v) is 5.41. The average molecular weight is 492 g/mol. The summed E-state index contributed by atoms with van der Waals surface area (Å²) in [5.41, 5.74) is 6.25. The molecule has 0 atom stereocenters. The Morgan fingerprint density at radius 2 is 1.83 bits per heavy atom. The number of halogens is 1. The van der Waals surface area contributed by atoms with Gasteiger partial charge in [-0.25, -0.2) is 5.43 Å². The second-order valence-electron chi connectivity index (χ2n) is 7.36. The van der Waals surface area contributed by atoms with Gasteiger partial charge in [-0.3, -0.25) is 5.10 Å². The average Bonchev–Trinajstić information content (AvgIpc) is 3.34. The van der Waals surface area contributed by atoms with E-state index >= 15 is 0 Å². The second-order valence-corrected chi connectivity index (χ2v) is 7.80. The van der Waals surface area contributed by atoms with Crippen LogP contribution in [-0.4, -0.2) is 51.6 Å². The molecule has 2 aromatic carbocycles. The number of hydrogen-bond donors (Lipinski definition) is 3. The van der Waals surface area contributed by atoms with E-state index in [-0.39, 0.29) is 5.95 Å². The number of rotatable bonds is 10. The summed E-state index contributed by atoms with van der Waals surface area (Å²) in [6, 6.07) is 15.2. The standard InChI is InChI=1S/C24H26ClN9O/c1-4-34(5-2)24-30-22(28-19-13-18(25)11-12-20(19)35-3)29-23(31-24)33-27-15-17-14-26-32-21(17)16-9-7-6-8-10-16/h6-15H,4-5H2,1-3H3,(H,26,32)(H2,28,29,30,31,33)/b27-15+. The number of nitrogens with one attached hydrogen (secondary N) is 3. The van der Waals surface area contributed by atoms with Crippen LogP contribution in [0.4, 0.5) is 23.5 Å². The molecule has 0 saturated carbocycles. The van der Waals surface area contributed by atoms with Crippen LogP contribution < -0.4 is 20.4 Å². The normalized spacial score (nSPS) is 11.0. The number of hydrazone groups is 1. The van der Waals surface area contributed by atoms with Crippen LogP contribution in [-0.2, 0) is 0 Å². The summed E-state index contributed by atoms with van der Waals surface area (Å²) in [5, 5.41) is 15.2. The number of methoxy groups -OCH3 is 1. The van der Waals surface area contributed by atoms with E-state index in [4.69, 9.17) is 16.3 Å². The molecule has 10 nitrogen and oxygen atoms in total. The lowest BCUT2D eigenvalue weighted by atomic mass is 10.1. The highest BCUT2D eigenvalue weighted by Crippen LogP contribution is 2.30. The first-order valence-electron chi connectivity index (χ1n) is 11.1. The summed E-state index contributed by atoms with van der Waals surface area (Å²) < 4.78 is 5.43. The molecule has 0 unspecified atom stereocenters. The Kier molecular flexibility index (Phi) is 7.74. The molecule has 0 aliphatic rings. The number of hydrogen-bond acceptors (Lipinski definition) is 9. The lowest BCUT2D eigenvalue weighted by Gasteiger charge is -2.19. The smallest absolute Gasteiger partial charge is 0.250 e. The summed E-state index contributed by atoms with van der Waals surface area (Å²) >= 11 is 6.18. The van der Waals surface area contributed by atoms with Crippen LogP contribution in [0.3, 0.4) is 0 Å². The van der Waals surface area contributed by atoms with Gasteiger partial charge in [0.25, 0.3) is 0 Å². The van der Waals surface area contributed by atoms with Crippen LogP contribution in [0.5, 0.6) is 5.75 Å². The van der Waals surface area contributed by atoms with Crippen molar-refractivity contribution in [3.63, 3.8) is 0 Å². The predicted octanol–water partition coefficient (Wildman–Crippen LogP) is 4.96. The number of nitrogens with zero attached hydrogens (tertiary/aromatic N) is 6. The summed E-state index contributed by atoms with van der Waals surface area (Å²) in [7, 11) is 1.59. The van der Waals surface area contributed by atoms with Gasteiger partial charge < -0.3 is 15.0 Å². The van der Waals surface area contributed by atoms with Gasteiger partial charge >= 0.3 is 0 Å². The van der Waals surface area contributed by atoms with Crippen LogP contribution in [0.25, 0.3) is 11.3 Å². The summed E-state index contributed by atoms with van der Waals surface area (Å²) in [6.07, 6.45) is 3.38. The monoisotopic (exact) mass is 491 g/mol. The fraction of sp³-hybridized carbons (Fsp3) is 0.208. The molecular weight excluding hydrogens is 466 g/mol. The Balaban J connectivity index is 1.61. The zero-order valence-electron chi connectivity index (χ0n) is 19.7. The van der Waals surface area contributed by atoms with Crippen LogP contribution in [0.2, 0.25) is 5.02 Å². The first-order chi connectivity index (χ1) is 17.1. The van der Waals surface area contributed by atoms with Gasteiger partial charge in [-0.1, -0.05) is 41.9 Å². The number of aromatic amines is 1. The molecule has 0 aliphatic heterocycles. The summed E-state index contributed by atoms with van der Waals surface area (Å²) in [6.45, 7) is 5.54. The Morgan fingerprint density at radius 1 is 1.06 bits per heavy atom. The minimum absolute atomic E-state index is 0.284. The first-order valence-corrected chi connectivity index (χ1v) is 11.5. The molecule has 35 heavy (non-hydrogen) atoms. The highest BCUT2D eigenvalue weighted by atomic mass is 35.5. The molecule has 0 aliphatic carbocycles. The van der Waals surface area contributed by atoms with Crippen LogP contribution in [0.15, 0.2) is 59.8 Å². The SMILES string of the molecule is CCN(CC)c1nc(N/N=C/c2cn[nH]c2-c2ccccc2)nc(Nc2cc(Cl)ccc2OC)n1. The van der Waals surface area contributed by atoms with Crippen LogP contribution in [0.1, 0.15) is 19.4 Å². The topological polar surface area (TPSA) is 116 Å². The van der Waals surface area contributed by atoms with Crippen molar-refractivity contribution >= 4 is 41.3 Å². The van der Waals surface area contributed by atoms with Gasteiger partial charge in [0.05, 0.1) is 30.9 Å². The molecule has 0 fully saturated rings. The molecule has 0 saturated heterocycles. The fourth-order valence-electron chi connectivity index (χ4n) is 3.41. The molecule has 3 N–H and O–H groups in total. The molecule has 0 spiro atoms. The highest BCUT2D eigenvalue weighted by molar-refractivity contribution is 6.31. The van der Waals surface area contributed by atoms with Gasteiger partial charge in [-0.05, 0) is 32.0 Å². The summed E-state index contributed by atoms with van der Waals surface area (Å²) in [4.78, 5) is 15.6. The molecule has 0 bridgehead atoms. The quantitative estimate of drug-likeness (QED) is 0.210. The molecule has 0 amide bonds. The van der Waals surface area contributed by atoms with E-state index in [0.29, 0.717) is 28.4 Å². The molecule has 4 aromatic rings. The zero-order valence-corrected chi connectivity index (χ0v) is 20.4. The van der Waals surface area contributed by atoms with Crippen molar-refractivity contribution in [1.29, 1.82) is 0 Å². The maximum absolute atomic E-state index is 6.18. The van der Waals surface area contributed by atoms with Crippen molar-refractivity contribution in [3.05, 3.63) is 65.3 Å². The molecular formula is C24H26ClN9O. The van der Waals surface area contributed by atoms with Gasteiger partial charge in [-0.15, -0.1) is 0 Å². The number of benzene rings is 2. The third-order valence-electron chi connectivity index (χ3n) is 5.18. The molecule has 2 heterocycles. The highest BCUT2D eigenvalue weighted by Gasteiger charge is 2.13. The Labute approximate surface area is 208 Å². The van der Waals surface area contributed by atoms with E-state index in [0.717, 1.165) is 29.9 Å². The van der Waals surface area contributed by atoms with Gasteiger partial charge in [-0.2, -0.15) is 25.2 Å². The molecule has 4 rings (SSSR count). The number of ether oxygens (including phenoxy) is 1. The molecule has 180 valence electrons. The van der Waals surface area contributed by atoms with Crippen molar-refractivity contribution in [2.45, 2.75) is 13.8 Å². The maximum Gasteiger partial charge on any atom is 0.250 e. The van der Waals surface area contributed by atoms with Gasteiger partial charge in [0.1, 0.15) is 5.75 Å². The van der Waals surface area contributed by atoms with Crippen LogP contribution >= 0.6 is 11.6 Å². The van der Waals surface area contributed by atoms with Gasteiger partial charge in [0.2, 0.25) is 17.8 Å². The van der Waals surface area contributed by atoms with Crippen molar-refractivity contribution in [1.82, 2.24) is 25.1 Å². The number of anilines is 4. The number of aromatic nitrogens is 5. The lowest BCUT2D eigenvalue weighted by Crippen LogP contribution is -2.25. The minimum Gasteiger partial charge on any atom is -0.495 e. The van der Waals surface area contributed by atoms with E-state index in [2.05, 4.69) is 41.0 Å². The van der Waals surface area contributed by atoms with Crippen molar-refractivity contribution in [2.24, 2.45) is 5.10 Å². The minimum atomic E-state index is 0.284. The second kappa shape index (κ2) is 11.3. The maximum atomic E-state index is 6.18. The first kappa shape index (κ1) is 24.0. The van der Waals surface area contributed by atoms with E-state index in [1.807, 2.05) is 49.1 Å². The number of H-pyrrole nitrogens is 1. The Bertz CT molecular complexity index is 1290. The molecule has 0 radical (unpaired) electrons. The van der Waals surface area contributed by atoms with Gasteiger partial charge in [0, 0.05) is 29.2 Å². The van der Waals surface area contributed by atoms with Crippen LogP contribution in [0, 0.1) is 0 Å². The van der Waals surface area contributed by atoms with E-state index in [1.54, 1.807) is 37.7 Å². The molecule has 11 heteroatoms. The predicted molar refractivity (Wildman–Crippen MR) is 140 cm³/mol. The fourth-order valence-corrected chi connectivity index (χ4v) is 3.58. The van der Waals surface area contributed by atoms with E-state index < -0.39 is 0 Å². The lowest BCUT2D eigenvalue weighted by molar-refractivity contribution is 0.417. The molecule has 2 aromatic heterocycles. The van der Waals surface area contributed by atoms with Crippen molar-refractivity contribution in [3.8, 4) is 17.0 Å². The largest absolute Gasteiger partial charge is 0.495 e. The van der Waals surface area contributed by atoms with E-state index in [9.17, 15) is 0 Å². The Morgan fingerprint density at radius 3 is 2.57 bits per heavy atom. The van der Waals surface area contributed by atoms with E-state index in [1.165, 1.54) is 0 Å². The summed E-state index contributed by atoms with van der Waals surface area (Å²) in [5.74, 6) is 1.74. The van der Waals surface area contributed by atoms with Crippen molar-refractivity contribution in [2.75, 3.05) is 35.8 Å². The Hall–Kier alpha value is -4.18. The van der Waals surface area contributed by atoms with Gasteiger partial charge in [0.15, 0.2) is 0 Å².